The Kier molecular flexibility index (Phi) is 2.25. The Morgan fingerprint density at radius 1 is 1.27 bits per heavy atom. The maximum Gasteiger partial charge on any atom is 0.181 e. The summed E-state index contributed by atoms with van der Waals surface area (Å²) < 4.78 is 3.51. The second-order valence-corrected chi connectivity index (χ2v) is 2.66. The number of carbonyl (C=O) groups excluding carboxylic acids is 1. The van der Waals surface area contributed by atoms with Gasteiger partial charge in [0.1, 0.15) is 0 Å². The first-order chi connectivity index (χ1) is 5.15. The molecule has 0 spiro atoms. The summed E-state index contributed by atoms with van der Waals surface area (Å²) in [6.45, 7) is 3.55. The first-order valence-corrected chi connectivity index (χ1v) is 3.59. The second kappa shape index (κ2) is 3.01. The van der Waals surface area contributed by atoms with Gasteiger partial charge >= 0.3 is 0 Å². The van der Waals surface area contributed by atoms with Crippen molar-refractivity contribution in [2.75, 3.05) is 0 Å². The van der Waals surface area contributed by atoms with Crippen molar-refractivity contribution in [3.63, 3.8) is 0 Å². The van der Waals surface area contributed by atoms with Crippen LogP contribution in [0.3, 0.4) is 0 Å². The molecular weight excluding hydrogens is 162 g/mol. The van der Waals surface area contributed by atoms with Crippen LogP contribution >= 0.6 is 11.8 Å². The largest absolute Gasteiger partial charge is 0.290 e. The van der Waals surface area contributed by atoms with Crippen LogP contribution in [0.4, 0.5) is 0 Å². The number of ketones is 1. The number of carbonyl (C=O) groups is 1. The maximum atomic E-state index is 11.0. The molecular formula is C8H8ClNO. The molecule has 0 bridgehead atoms. The van der Waals surface area contributed by atoms with E-state index in [4.69, 9.17) is 11.8 Å². The van der Waals surface area contributed by atoms with Gasteiger partial charge in [-0.25, -0.2) is 0 Å². The quantitative estimate of drug-likeness (QED) is 0.511. The average Bonchev–Trinajstić information content (AvgIpc) is 1.97. The summed E-state index contributed by atoms with van der Waals surface area (Å²) in [5.74, 6) is 0.0339. The molecule has 0 fully saturated rings. The number of halogens is 1. The normalized spacial score (nSPS) is 21.7. The highest BCUT2D eigenvalue weighted by molar-refractivity contribution is 6.29. The minimum Gasteiger partial charge on any atom is -0.290 e. The van der Waals surface area contributed by atoms with Gasteiger partial charge in [-0.2, -0.15) is 4.51 Å². The minimum absolute atomic E-state index is 0.0339. The standard InChI is InChI=1S/C8H8ClNO/c1-5-4-8(11)6(2)3-7(5)10-9/h3-4H,1-2H3/b10-7-. The van der Waals surface area contributed by atoms with Crippen molar-refractivity contribution in [1.82, 2.24) is 0 Å². The fourth-order valence-corrected chi connectivity index (χ4v) is 1.05. The predicted octanol–water partition coefficient (Wildman–Crippen LogP) is 2.06. The van der Waals surface area contributed by atoms with E-state index in [0.29, 0.717) is 11.3 Å². The SMILES string of the molecule is CC1=C/C(=N/Cl)C(C)=CC1=O. The van der Waals surface area contributed by atoms with Gasteiger partial charge < -0.3 is 0 Å². The van der Waals surface area contributed by atoms with Crippen LogP contribution in [0.1, 0.15) is 13.8 Å². The first-order valence-electron chi connectivity index (χ1n) is 3.25. The van der Waals surface area contributed by atoms with Gasteiger partial charge in [0.15, 0.2) is 5.78 Å². The monoisotopic (exact) mass is 169 g/mol. The van der Waals surface area contributed by atoms with Gasteiger partial charge in [0.05, 0.1) is 5.71 Å². The molecule has 0 aliphatic heterocycles. The van der Waals surface area contributed by atoms with Crippen molar-refractivity contribution in [3.8, 4) is 0 Å². The molecule has 0 aromatic rings. The summed E-state index contributed by atoms with van der Waals surface area (Å²) in [6, 6.07) is 0. The average molecular weight is 170 g/mol. The van der Waals surface area contributed by atoms with E-state index >= 15 is 0 Å². The van der Waals surface area contributed by atoms with Crippen molar-refractivity contribution in [1.29, 1.82) is 0 Å². The fourth-order valence-electron chi connectivity index (χ4n) is 0.866. The lowest BCUT2D eigenvalue weighted by atomic mass is 9.99. The molecule has 0 unspecified atom stereocenters. The zero-order valence-corrected chi connectivity index (χ0v) is 7.14. The van der Waals surface area contributed by atoms with Crippen LogP contribution in [-0.4, -0.2) is 11.5 Å². The van der Waals surface area contributed by atoms with Gasteiger partial charge in [0.2, 0.25) is 0 Å². The molecule has 0 atom stereocenters. The van der Waals surface area contributed by atoms with Gasteiger partial charge in [-0.15, -0.1) is 0 Å². The Bertz CT molecular complexity index is 286. The number of hydrogen-bond donors (Lipinski definition) is 0. The van der Waals surface area contributed by atoms with Crippen molar-refractivity contribution < 1.29 is 4.79 Å². The van der Waals surface area contributed by atoms with E-state index in [0.717, 1.165) is 5.57 Å². The number of hydrogen-bond acceptors (Lipinski definition) is 2. The third-order valence-electron chi connectivity index (χ3n) is 1.58. The van der Waals surface area contributed by atoms with Crippen LogP contribution in [0.25, 0.3) is 0 Å². The molecule has 1 aliphatic carbocycles. The zero-order chi connectivity index (χ0) is 8.43. The molecule has 0 radical (unpaired) electrons. The summed E-state index contributed by atoms with van der Waals surface area (Å²) in [6.07, 6.45) is 3.22. The lowest BCUT2D eigenvalue weighted by molar-refractivity contribution is -0.111. The highest BCUT2D eigenvalue weighted by Gasteiger charge is 2.11. The van der Waals surface area contributed by atoms with Gasteiger partial charge in [-0.05, 0) is 37.1 Å². The van der Waals surface area contributed by atoms with E-state index in [1.54, 1.807) is 13.0 Å². The second-order valence-electron chi connectivity index (χ2n) is 2.49. The Labute approximate surface area is 70.4 Å². The van der Waals surface area contributed by atoms with Crippen molar-refractivity contribution in [2.24, 2.45) is 4.51 Å². The predicted molar refractivity (Wildman–Crippen MR) is 45.8 cm³/mol. The van der Waals surface area contributed by atoms with Crippen LogP contribution in [-0.2, 0) is 4.79 Å². The Morgan fingerprint density at radius 3 is 2.45 bits per heavy atom. The van der Waals surface area contributed by atoms with Crippen LogP contribution < -0.4 is 0 Å². The molecule has 0 saturated carbocycles. The van der Waals surface area contributed by atoms with Gasteiger partial charge in [-0.3, -0.25) is 4.79 Å². The lowest BCUT2D eigenvalue weighted by Gasteiger charge is -2.06. The topological polar surface area (TPSA) is 29.4 Å². The summed E-state index contributed by atoms with van der Waals surface area (Å²) in [7, 11) is 0. The summed E-state index contributed by atoms with van der Waals surface area (Å²) in [4.78, 5) is 11.0. The molecule has 2 nitrogen and oxygen atoms in total. The van der Waals surface area contributed by atoms with Crippen molar-refractivity contribution in [3.05, 3.63) is 23.3 Å². The lowest BCUT2D eigenvalue weighted by Crippen LogP contribution is -2.09. The number of nitrogens with zero attached hydrogens (tertiary/aromatic N) is 1. The molecule has 0 saturated heterocycles. The third kappa shape index (κ3) is 1.57. The van der Waals surface area contributed by atoms with Crippen LogP contribution in [0, 0.1) is 0 Å². The molecule has 58 valence electrons. The molecule has 3 heteroatoms. The highest BCUT2D eigenvalue weighted by Crippen LogP contribution is 2.12. The first kappa shape index (κ1) is 8.21. The molecule has 0 heterocycles. The zero-order valence-electron chi connectivity index (χ0n) is 6.39. The fraction of sp³-hybridized carbons (Fsp3) is 0.250. The van der Waals surface area contributed by atoms with Gasteiger partial charge in [0.25, 0.3) is 0 Å². The molecule has 1 rings (SSSR count). The highest BCUT2D eigenvalue weighted by atomic mass is 35.5. The van der Waals surface area contributed by atoms with Crippen LogP contribution in [0.5, 0.6) is 0 Å². The van der Waals surface area contributed by atoms with Crippen LogP contribution in [0.15, 0.2) is 27.8 Å². The van der Waals surface area contributed by atoms with E-state index in [9.17, 15) is 4.79 Å². The molecule has 11 heavy (non-hydrogen) atoms. The minimum atomic E-state index is 0.0339. The Morgan fingerprint density at radius 2 is 1.91 bits per heavy atom. The molecule has 0 aromatic heterocycles. The third-order valence-corrected chi connectivity index (χ3v) is 1.77. The van der Waals surface area contributed by atoms with Gasteiger partial charge in [0, 0.05) is 11.8 Å². The summed E-state index contributed by atoms with van der Waals surface area (Å²) in [5, 5.41) is 0. The number of allylic oxidation sites excluding steroid dienone is 4. The molecule has 0 aromatic carbocycles. The summed E-state index contributed by atoms with van der Waals surface area (Å²) >= 11 is 5.28. The number of rotatable bonds is 0. The van der Waals surface area contributed by atoms with E-state index in [1.165, 1.54) is 6.08 Å². The Balaban J connectivity index is 3.08. The van der Waals surface area contributed by atoms with E-state index in [2.05, 4.69) is 4.51 Å². The Hall–Kier alpha value is -0.890. The van der Waals surface area contributed by atoms with Crippen molar-refractivity contribution in [2.45, 2.75) is 13.8 Å². The van der Waals surface area contributed by atoms with E-state index in [-0.39, 0.29) is 5.78 Å². The molecule has 0 amide bonds. The summed E-state index contributed by atoms with van der Waals surface area (Å²) in [5.41, 5.74) is 2.16. The smallest absolute Gasteiger partial charge is 0.181 e. The maximum absolute atomic E-state index is 11.0. The molecule has 0 N–H and O–H groups in total. The van der Waals surface area contributed by atoms with Gasteiger partial charge in [-0.1, -0.05) is 0 Å². The molecule has 1 aliphatic rings. The van der Waals surface area contributed by atoms with Crippen molar-refractivity contribution >= 4 is 23.3 Å². The van der Waals surface area contributed by atoms with E-state index < -0.39 is 0 Å². The van der Waals surface area contributed by atoms with Crippen LogP contribution in [0.2, 0.25) is 0 Å². The van der Waals surface area contributed by atoms with E-state index in [1.807, 2.05) is 6.92 Å².